The van der Waals surface area contributed by atoms with Crippen LogP contribution in [0.3, 0.4) is 0 Å². The van der Waals surface area contributed by atoms with Gasteiger partial charge in [0.05, 0.1) is 20.9 Å². The highest BCUT2D eigenvalue weighted by atomic mass is 32.1. The molecular formula is C46H63NO2S5. The number of amides is 2. The molecule has 0 aliphatic carbocycles. The topological polar surface area (TPSA) is 37.4 Å². The SMILES string of the molecule is CCCCCCCCC(CCCCCC)CN1C(=O)c2c(-c3cc4scc(CCCCCC)c4s3)sc(-c3cc4scc(CCCCCC)c4s3)c2C1=O. The van der Waals surface area contributed by atoms with Crippen molar-refractivity contribution in [3.05, 3.63) is 45.1 Å². The lowest BCUT2D eigenvalue weighted by Gasteiger charge is -2.23. The molecular weight excluding hydrogens is 759 g/mol. The summed E-state index contributed by atoms with van der Waals surface area (Å²) in [5.74, 6) is 0.256. The minimum absolute atomic E-state index is 0.0551. The van der Waals surface area contributed by atoms with Crippen molar-refractivity contribution >= 4 is 87.3 Å². The maximum absolute atomic E-state index is 14.7. The molecule has 5 aromatic heterocycles. The number of rotatable bonds is 26. The number of hydrogen-bond donors (Lipinski definition) is 0. The maximum Gasteiger partial charge on any atom is 0.263 e. The minimum Gasteiger partial charge on any atom is -0.274 e. The number of aryl methyl sites for hydroxylation is 2. The Labute approximate surface area is 345 Å². The van der Waals surface area contributed by atoms with Crippen molar-refractivity contribution < 1.29 is 9.59 Å². The summed E-state index contributed by atoms with van der Waals surface area (Å²) >= 11 is 9.05. The van der Waals surface area contributed by atoms with Crippen LogP contribution in [0.2, 0.25) is 0 Å². The fourth-order valence-electron chi connectivity index (χ4n) is 8.17. The Kier molecular flexibility index (Phi) is 16.3. The van der Waals surface area contributed by atoms with Crippen LogP contribution < -0.4 is 0 Å². The zero-order valence-electron chi connectivity index (χ0n) is 33.5. The number of thiophene rings is 5. The molecule has 294 valence electrons. The Balaban J connectivity index is 1.32. The summed E-state index contributed by atoms with van der Waals surface area (Å²) in [6.45, 7) is 9.63. The summed E-state index contributed by atoms with van der Waals surface area (Å²) < 4.78 is 5.38. The molecule has 6 heterocycles. The largest absolute Gasteiger partial charge is 0.274 e. The smallest absolute Gasteiger partial charge is 0.263 e. The van der Waals surface area contributed by atoms with Gasteiger partial charge in [-0.1, -0.05) is 130 Å². The quantitative estimate of drug-likeness (QED) is 0.0412. The minimum atomic E-state index is -0.0551. The van der Waals surface area contributed by atoms with Gasteiger partial charge in [0.15, 0.2) is 0 Å². The van der Waals surface area contributed by atoms with Crippen LogP contribution in [0.1, 0.15) is 188 Å². The first kappa shape index (κ1) is 41.8. The lowest BCUT2D eigenvalue weighted by Crippen LogP contribution is -2.35. The van der Waals surface area contributed by atoms with Gasteiger partial charge in [0.25, 0.3) is 11.8 Å². The van der Waals surface area contributed by atoms with E-state index in [1.54, 1.807) is 16.2 Å². The van der Waals surface area contributed by atoms with E-state index in [-0.39, 0.29) is 11.8 Å². The molecule has 8 heteroatoms. The average Bonchev–Trinajstić information content (AvgIpc) is 4.02. The van der Waals surface area contributed by atoms with E-state index >= 15 is 0 Å². The third-order valence-electron chi connectivity index (χ3n) is 11.4. The second-order valence-electron chi connectivity index (χ2n) is 15.8. The second-order valence-corrected chi connectivity index (χ2v) is 20.7. The van der Waals surface area contributed by atoms with Crippen LogP contribution in [0, 0.1) is 5.92 Å². The number of nitrogens with zero attached hydrogens (tertiary/aromatic N) is 1. The van der Waals surface area contributed by atoms with Gasteiger partial charge in [0, 0.05) is 35.1 Å². The van der Waals surface area contributed by atoms with Gasteiger partial charge < -0.3 is 0 Å². The van der Waals surface area contributed by atoms with Crippen LogP contribution in [-0.2, 0) is 12.8 Å². The van der Waals surface area contributed by atoms with Crippen molar-refractivity contribution in [2.75, 3.05) is 6.54 Å². The highest BCUT2D eigenvalue weighted by Crippen LogP contribution is 2.52. The summed E-state index contributed by atoms with van der Waals surface area (Å²) in [5.41, 5.74) is 4.26. The number of unbranched alkanes of at least 4 members (excludes halogenated alkanes) is 14. The number of fused-ring (bicyclic) bond motifs is 3. The van der Waals surface area contributed by atoms with Gasteiger partial charge >= 0.3 is 0 Å². The molecule has 0 fully saturated rings. The molecule has 2 amide bonds. The van der Waals surface area contributed by atoms with Crippen LogP contribution in [0.5, 0.6) is 0 Å². The van der Waals surface area contributed by atoms with E-state index in [0.717, 1.165) is 45.2 Å². The fraction of sp³-hybridized carbons (Fsp3) is 0.609. The Morgan fingerprint density at radius 2 is 0.926 bits per heavy atom. The van der Waals surface area contributed by atoms with Gasteiger partial charge in [-0.3, -0.25) is 14.5 Å². The molecule has 54 heavy (non-hydrogen) atoms. The Morgan fingerprint density at radius 1 is 0.519 bits per heavy atom. The Bertz CT molecular complexity index is 1810. The van der Waals surface area contributed by atoms with Gasteiger partial charge in [0.1, 0.15) is 0 Å². The Morgan fingerprint density at radius 3 is 1.39 bits per heavy atom. The summed E-state index contributed by atoms with van der Waals surface area (Å²) in [6, 6.07) is 4.62. The van der Waals surface area contributed by atoms with Crippen molar-refractivity contribution in [3.63, 3.8) is 0 Å². The highest BCUT2D eigenvalue weighted by Gasteiger charge is 2.43. The maximum atomic E-state index is 14.7. The van der Waals surface area contributed by atoms with Gasteiger partial charge in [-0.2, -0.15) is 0 Å². The summed E-state index contributed by atoms with van der Waals surface area (Å²) in [5, 5.41) is 4.69. The number of carbonyl (C=O) groups excluding carboxylic acids is 2. The molecule has 1 unspecified atom stereocenters. The fourth-order valence-corrected chi connectivity index (χ4v) is 14.6. The standard InChI is InChI=1S/C46H63NO2S5/c1-5-9-13-17-18-20-24-32(23-19-14-10-6-2)29-47-45(48)39-40(46(47)49)44(38-28-36-42(53-38)34(31-51-36)26-22-16-12-8-4)54-43(39)37-27-35-41(52-37)33(30-50-35)25-21-15-11-7-3/h27-28,30-32H,5-26,29H2,1-4H3. The van der Waals surface area contributed by atoms with Gasteiger partial charge in [0.2, 0.25) is 0 Å². The molecule has 0 saturated carbocycles. The first-order valence-electron chi connectivity index (χ1n) is 21.5. The lowest BCUT2D eigenvalue weighted by atomic mass is 9.93. The molecule has 0 N–H and O–H groups in total. The molecule has 1 aliphatic heterocycles. The van der Waals surface area contributed by atoms with E-state index in [0.29, 0.717) is 23.6 Å². The van der Waals surface area contributed by atoms with E-state index in [4.69, 9.17) is 0 Å². The summed E-state index contributed by atoms with van der Waals surface area (Å²) in [4.78, 5) is 35.4. The van der Waals surface area contributed by atoms with E-state index in [9.17, 15) is 9.59 Å². The summed E-state index contributed by atoms with van der Waals surface area (Å²) in [7, 11) is 0. The average molecular weight is 822 g/mol. The molecule has 6 rings (SSSR count). The lowest BCUT2D eigenvalue weighted by molar-refractivity contribution is 0.0622. The van der Waals surface area contributed by atoms with Crippen LogP contribution in [0.4, 0.5) is 0 Å². The monoisotopic (exact) mass is 821 g/mol. The first-order chi connectivity index (χ1) is 26.5. The van der Waals surface area contributed by atoms with Gasteiger partial charge in [-0.25, -0.2) is 0 Å². The zero-order valence-corrected chi connectivity index (χ0v) is 37.5. The molecule has 3 nitrogen and oxygen atoms in total. The highest BCUT2D eigenvalue weighted by molar-refractivity contribution is 7.33. The molecule has 1 atom stereocenters. The molecule has 1 aliphatic rings. The van der Waals surface area contributed by atoms with E-state index < -0.39 is 0 Å². The molecule has 0 aromatic carbocycles. The molecule has 0 spiro atoms. The van der Waals surface area contributed by atoms with E-state index in [1.807, 2.05) is 45.3 Å². The molecule has 0 bridgehead atoms. The van der Waals surface area contributed by atoms with Crippen molar-refractivity contribution in [2.24, 2.45) is 5.92 Å². The zero-order chi connectivity index (χ0) is 37.9. The van der Waals surface area contributed by atoms with E-state index in [2.05, 4.69) is 50.6 Å². The van der Waals surface area contributed by atoms with Crippen molar-refractivity contribution in [2.45, 2.75) is 169 Å². The van der Waals surface area contributed by atoms with Gasteiger partial charge in [-0.15, -0.1) is 56.7 Å². The molecule has 0 saturated heterocycles. The van der Waals surface area contributed by atoms with Crippen LogP contribution in [0.25, 0.3) is 38.3 Å². The first-order valence-corrected chi connectivity index (χ1v) is 25.7. The van der Waals surface area contributed by atoms with Crippen LogP contribution >= 0.6 is 56.7 Å². The molecule has 5 aromatic rings. The van der Waals surface area contributed by atoms with Gasteiger partial charge in [-0.05, 0) is 78.5 Å². The molecule has 0 radical (unpaired) electrons. The second kappa shape index (κ2) is 21.1. The Hall–Kier alpha value is -1.84. The number of carbonyl (C=O) groups is 2. The third kappa shape index (κ3) is 9.99. The normalized spacial score (nSPS) is 13.7. The van der Waals surface area contributed by atoms with Crippen LogP contribution in [0.15, 0.2) is 22.9 Å². The van der Waals surface area contributed by atoms with E-state index in [1.165, 1.54) is 146 Å². The summed E-state index contributed by atoms with van der Waals surface area (Å²) in [6.07, 6.45) is 27.0. The number of imide groups is 1. The van der Waals surface area contributed by atoms with Crippen molar-refractivity contribution in [3.8, 4) is 19.5 Å². The van der Waals surface area contributed by atoms with Crippen LogP contribution in [-0.4, -0.2) is 23.3 Å². The predicted molar refractivity (Wildman–Crippen MR) is 243 cm³/mol. The van der Waals surface area contributed by atoms with Crippen molar-refractivity contribution in [1.29, 1.82) is 0 Å². The number of hydrogen-bond acceptors (Lipinski definition) is 7. The predicted octanol–water partition coefficient (Wildman–Crippen LogP) is 16.8. The third-order valence-corrected chi connectivity index (χ3v) is 17.6. The van der Waals surface area contributed by atoms with Crippen molar-refractivity contribution in [1.82, 2.24) is 4.90 Å².